The average molecular weight is 690 g/mol. The van der Waals surface area contributed by atoms with Gasteiger partial charge >= 0.3 is 0 Å². The molecule has 0 saturated carbocycles. The molecule has 2 aliphatic rings. The van der Waals surface area contributed by atoms with Crippen molar-refractivity contribution in [2.45, 2.75) is 66.0 Å². The third-order valence-electron chi connectivity index (χ3n) is 9.43. The van der Waals surface area contributed by atoms with Gasteiger partial charge in [0.2, 0.25) is 0 Å². The minimum absolute atomic E-state index is 0.0445. The molecule has 13 nitrogen and oxygen atoms in total. The van der Waals surface area contributed by atoms with Gasteiger partial charge in [-0.25, -0.2) is 9.37 Å². The van der Waals surface area contributed by atoms with Gasteiger partial charge in [0.1, 0.15) is 17.9 Å². The summed E-state index contributed by atoms with van der Waals surface area (Å²) >= 11 is 0. The van der Waals surface area contributed by atoms with Gasteiger partial charge in [0.15, 0.2) is 5.82 Å². The Kier molecular flexibility index (Phi) is 16.0. The Hall–Kier alpha value is -3.46. The number of carbonyl (C=O) groups is 2. The number of rotatable bonds is 18. The average Bonchev–Trinajstić information content (AvgIpc) is 3.50. The number of halogens is 1. The summed E-state index contributed by atoms with van der Waals surface area (Å²) in [6.07, 6.45) is 4.78. The first-order valence-corrected chi connectivity index (χ1v) is 17.3. The molecule has 2 fully saturated rings. The van der Waals surface area contributed by atoms with Crippen molar-refractivity contribution in [3.05, 3.63) is 35.9 Å². The van der Waals surface area contributed by atoms with Crippen LogP contribution >= 0.6 is 0 Å². The van der Waals surface area contributed by atoms with Gasteiger partial charge in [0.25, 0.3) is 18.3 Å². The first-order valence-electron chi connectivity index (χ1n) is 17.3. The third kappa shape index (κ3) is 11.0. The Morgan fingerprint density at radius 3 is 2.37 bits per heavy atom. The second kappa shape index (κ2) is 19.7. The Balaban J connectivity index is 0.00000209. The van der Waals surface area contributed by atoms with Gasteiger partial charge in [-0.05, 0) is 70.7 Å². The van der Waals surface area contributed by atoms with E-state index in [9.17, 15) is 9.18 Å². The summed E-state index contributed by atoms with van der Waals surface area (Å²) in [7, 11) is 3.50. The molecule has 3 heterocycles. The van der Waals surface area contributed by atoms with Crippen LogP contribution in [0.4, 0.5) is 10.2 Å². The molecule has 1 spiro atoms. The number of aromatic nitrogens is 3. The molecule has 2 saturated heterocycles. The smallest absolute Gasteiger partial charge is 0.290 e. The highest BCUT2D eigenvalue weighted by atomic mass is 19.1. The van der Waals surface area contributed by atoms with E-state index in [1.807, 2.05) is 20.8 Å². The number of benzene rings is 1. The molecule has 0 bridgehead atoms. The normalized spacial score (nSPS) is 16.1. The maximum absolute atomic E-state index is 14.3. The fourth-order valence-corrected chi connectivity index (χ4v) is 6.96. The quantitative estimate of drug-likeness (QED) is 0.224. The fraction of sp³-hybridized carbons (Fsp3) is 0.686. The second-order valence-corrected chi connectivity index (χ2v) is 13.5. The van der Waals surface area contributed by atoms with Crippen LogP contribution < -0.4 is 9.64 Å². The van der Waals surface area contributed by atoms with Crippen LogP contribution in [0.25, 0.3) is 0 Å². The number of nitrogens with zero attached hydrogens (tertiary/aromatic N) is 7. The molecule has 4 rings (SSSR count). The maximum atomic E-state index is 14.3. The molecule has 0 aliphatic carbocycles. The second-order valence-electron chi connectivity index (χ2n) is 13.5. The number of likely N-dealkylation sites (tertiary alicyclic amines) is 1. The van der Waals surface area contributed by atoms with E-state index in [0.29, 0.717) is 24.3 Å². The van der Waals surface area contributed by atoms with Crippen molar-refractivity contribution in [2.24, 2.45) is 11.3 Å². The van der Waals surface area contributed by atoms with Crippen molar-refractivity contribution in [3.8, 4) is 11.6 Å². The highest BCUT2D eigenvalue weighted by molar-refractivity contribution is 5.97. The van der Waals surface area contributed by atoms with E-state index in [1.165, 1.54) is 24.5 Å². The molecule has 2 aliphatic heterocycles. The molecular weight excluding hydrogens is 633 g/mol. The number of carbonyl (C=O) groups excluding carboxylic acids is 1. The Morgan fingerprint density at radius 1 is 1.10 bits per heavy atom. The summed E-state index contributed by atoms with van der Waals surface area (Å²) in [6.45, 7) is 18.8. The molecule has 0 radical (unpaired) electrons. The number of hydrogen-bond donors (Lipinski definition) is 1. The van der Waals surface area contributed by atoms with E-state index in [0.717, 1.165) is 78.3 Å². The van der Waals surface area contributed by atoms with Gasteiger partial charge in [-0.1, -0.05) is 13.8 Å². The van der Waals surface area contributed by atoms with Crippen LogP contribution in [0.5, 0.6) is 11.6 Å². The SMILES string of the molecule is CCN(C(=O)c1cc(F)ccc1Oc1nncnc1N1CCC2(C1)CN(C(CCCN(CCOC)CCOC)C(C)C)C2)C(C)C.O=CO. The van der Waals surface area contributed by atoms with Gasteiger partial charge < -0.3 is 29.1 Å². The monoisotopic (exact) mass is 689 g/mol. The Labute approximate surface area is 290 Å². The number of ether oxygens (including phenoxy) is 3. The zero-order chi connectivity index (χ0) is 36.0. The van der Waals surface area contributed by atoms with Gasteiger partial charge in [0, 0.05) is 77.5 Å². The maximum Gasteiger partial charge on any atom is 0.290 e. The minimum atomic E-state index is -0.502. The molecule has 1 N–H and O–H groups in total. The van der Waals surface area contributed by atoms with Crippen LogP contribution in [0.1, 0.15) is 64.2 Å². The number of hydrogen-bond acceptors (Lipinski definition) is 11. The van der Waals surface area contributed by atoms with E-state index < -0.39 is 5.82 Å². The van der Waals surface area contributed by atoms with Gasteiger partial charge in [-0.2, -0.15) is 0 Å². The van der Waals surface area contributed by atoms with Crippen molar-refractivity contribution < 1.29 is 33.3 Å². The molecule has 274 valence electrons. The van der Waals surface area contributed by atoms with E-state index in [2.05, 4.69) is 43.7 Å². The number of methoxy groups -OCH3 is 2. The summed E-state index contributed by atoms with van der Waals surface area (Å²) in [5.41, 5.74) is 0.341. The number of carboxylic acid groups (broad SMARTS) is 1. The van der Waals surface area contributed by atoms with Crippen molar-refractivity contribution in [2.75, 3.05) is 84.7 Å². The van der Waals surface area contributed by atoms with E-state index in [-0.39, 0.29) is 41.0 Å². The van der Waals surface area contributed by atoms with E-state index in [4.69, 9.17) is 24.1 Å². The Morgan fingerprint density at radius 2 is 1.78 bits per heavy atom. The van der Waals surface area contributed by atoms with Gasteiger partial charge in [0.05, 0.1) is 18.8 Å². The summed E-state index contributed by atoms with van der Waals surface area (Å²) in [5, 5.41) is 15.1. The lowest BCUT2D eigenvalue weighted by Crippen LogP contribution is -2.62. The van der Waals surface area contributed by atoms with Crippen molar-refractivity contribution in [1.29, 1.82) is 0 Å². The van der Waals surface area contributed by atoms with Crippen LogP contribution in [0, 0.1) is 17.2 Å². The minimum Gasteiger partial charge on any atom is -0.483 e. The largest absolute Gasteiger partial charge is 0.483 e. The van der Waals surface area contributed by atoms with Crippen molar-refractivity contribution >= 4 is 18.2 Å². The summed E-state index contributed by atoms with van der Waals surface area (Å²) in [5.74, 6) is 0.822. The predicted octanol–water partition coefficient (Wildman–Crippen LogP) is 4.29. The van der Waals surface area contributed by atoms with Crippen LogP contribution in [0.3, 0.4) is 0 Å². The highest BCUT2D eigenvalue weighted by Gasteiger charge is 2.50. The lowest BCUT2D eigenvalue weighted by molar-refractivity contribution is -0.122. The van der Waals surface area contributed by atoms with E-state index in [1.54, 1.807) is 19.1 Å². The van der Waals surface area contributed by atoms with Crippen LogP contribution in [0.2, 0.25) is 0 Å². The molecular formula is C35H56FN7O6. The molecule has 2 aromatic rings. The molecule has 1 atom stereocenters. The Bertz CT molecular complexity index is 1300. The topological polar surface area (TPSA) is 134 Å². The number of anilines is 1. The summed E-state index contributed by atoms with van der Waals surface area (Å²) in [6, 6.07) is 4.48. The first-order chi connectivity index (χ1) is 23.5. The molecule has 1 aromatic heterocycles. The lowest BCUT2D eigenvalue weighted by atomic mass is 9.76. The zero-order valence-corrected chi connectivity index (χ0v) is 30.3. The first kappa shape index (κ1) is 40.0. The van der Waals surface area contributed by atoms with Gasteiger partial charge in [-0.3, -0.25) is 19.4 Å². The molecule has 49 heavy (non-hydrogen) atoms. The fourth-order valence-electron chi connectivity index (χ4n) is 6.96. The molecule has 1 amide bonds. The van der Waals surface area contributed by atoms with E-state index >= 15 is 0 Å². The summed E-state index contributed by atoms with van der Waals surface area (Å²) in [4.78, 5) is 35.3. The highest BCUT2D eigenvalue weighted by Crippen LogP contribution is 2.44. The molecule has 14 heteroatoms. The van der Waals surface area contributed by atoms with Gasteiger partial charge in [-0.15, -0.1) is 10.2 Å². The van der Waals surface area contributed by atoms with Crippen molar-refractivity contribution in [3.63, 3.8) is 0 Å². The number of amides is 1. The van der Waals surface area contributed by atoms with Crippen LogP contribution in [-0.2, 0) is 14.3 Å². The standard InChI is InChI=1S/C34H54FN7O4.CH2O2/c1-8-42(26(4)5)33(43)28-20-27(35)11-12-30(28)46-32-31(36-24-37-38-32)40-15-13-34(21-40)22-41(23-34)29(25(2)3)10-9-14-39(16-18-44-6)17-19-45-7;2-1-3/h11-12,20,24-26,29H,8-10,13-19,21-23H2,1-7H3;1H,(H,2,3). The zero-order valence-electron chi connectivity index (χ0n) is 30.3. The summed E-state index contributed by atoms with van der Waals surface area (Å²) < 4.78 is 31.1. The third-order valence-corrected chi connectivity index (χ3v) is 9.43. The molecule has 1 unspecified atom stereocenters. The molecule has 1 aromatic carbocycles. The predicted molar refractivity (Wildman–Crippen MR) is 186 cm³/mol. The lowest BCUT2D eigenvalue weighted by Gasteiger charge is -2.53. The van der Waals surface area contributed by atoms with Crippen molar-refractivity contribution in [1.82, 2.24) is 29.9 Å². The van der Waals surface area contributed by atoms with Crippen LogP contribution in [-0.4, -0.2) is 139 Å². The van der Waals surface area contributed by atoms with Crippen LogP contribution in [0.15, 0.2) is 24.5 Å².